The highest BCUT2D eigenvalue weighted by atomic mass is 16.4. The maximum atomic E-state index is 11.5. The Hall–Kier alpha value is -3.20. The first-order valence-corrected chi connectivity index (χ1v) is 7.25. The summed E-state index contributed by atoms with van der Waals surface area (Å²) in [7, 11) is 0. The van der Waals surface area contributed by atoms with Crippen molar-refractivity contribution in [1.29, 1.82) is 0 Å². The molecule has 1 N–H and O–H groups in total. The normalized spacial score (nSPS) is 10.8. The molecule has 2 aromatic carbocycles. The van der Waals surface area contributed by atoms with E-state index in [1.165, 1.54) is 0 Å². The third-order valence-electron chi connectivity index (χ3n) is 3.51. The number of hydrogen-bond donors (Lipinski definition) is 1. The van der Waals surface area contributed by atoms with Crippen LogP contribution >= 0.6 is 0 Å². The van der Waals surface area contributed by atoms with Gasteiger partial charge in [0.1, 0.15) is 0 Å². The van der Waals surface area contributed by atoms with Crippen LogP contribution in [0.5, 0.6) is 0 Å². The van der Waals surface area contributed by atoms with Gasteiger partial charge in [-0.2, -0.15) is 0 Å². The van der Waals surface area contributed by atoms with Crippen LogP contribution in [0.25, 0.3) is 23.3 Å². The quantitative estimate of drug-likeness (QED) is 0.765. The van der Waals surface area contributed by atoms with E-state index < -0.39 is 5.97 Å². The molecule has 0 aliphatic rings. The Labute approximate surface area is 134 Å². The van der Waals surface area contributed by atoms with Crippen molar-refractivity contribution < 1.29 is 9.90 Å². The van der Waals surface area contributed by atoms with Crippen molar-refractivity contribution in [2.45, 2.75) is 0 Å². The Bertz CT molecular complexity index is 840. The van der Waals surface area contributed by atoms with Crippen LogP contribution in [0.1, 0.15) is 21.5 Å². The van der Waals surface area contributed by atoms with E-state index in [0.29, 0.717) is 11.1 Å². The van der Waals surface area contributed by atoms with Crippen molar-refractivity contribution >= 4 is 18.1 Å². The van der Waals surface area contributed by atoms with Crippen molar-refractivity contribution in [3.63, 3.8) is 0 Å². The van der Waals surface area contributed by atoms with Crippen LogP contribution < -0.4 is 0 Å². The Morgan fingerprint density at radius 2 is 1.70 bits per heavy atom. The van der Waals surface area contributed by atoms with E-state index in [0.717, 1.165) is 16.7 Å². The standard InChI is InChI=1S/C20H15NO2/c22-20(23)18-11-10-15(8-9-16-5-4-12-21-14-16)13-19(18)17-6-2-1-3-7-17/h1-14H,(H,22,23)/b9-8+. The van der Waals surface area contributed by atoms with E-state index in [-0.39, 0.29) is 0 Å². The first-order chi connectivity index (χ1) is 11.2. The van der Waals surface area contributed by atoms with Crippen molar-refractivity contribution in [2.24, 2.45) is 0 Å². The van der Waals surface area contributed by atoms with Gasteiger partial charge in [0, 0.05) is 12.4 Å². The summed E-state index contributed by atoms with van der Waals surface area (Å²) in [6, 6.07) is 18.7. The molecule has 1 aromatic heterocycles. The molecule has 3 aromatic rings. The van der Waals surface area contributed by atoms with E-state index in [1.807, 2.05) is 66.7 Å². The second kappa shape index (κ2) is 6.71. The molecule has 0 bridgehead atoms. The fraction of sp³-hybridized carbons (Fsp3) is 0. The number of nitrogens with zero attached hydrogens (tertiary/aromatic N) is 1. The largest absolute Gasteiger partial charge is 0.478 e. The fourth-order valence-corrected chi connectivity index (χ4v) is 2.38. The summed E-state index contributed by atoms with van der Waals surface area (Å²) in [6.45, 7) is 0. The zero-order valence-electron chi connectivity index (χ0n) is 12.4. The van der Waals surface area contributed by atoms with Crippen LogP contribution in [0.3, 0.4) is 0 Å². The lowest BCUT2D eigenvalue weighted by molar-refractivity contribution is 0.0697. The molecule has 112 valence electrons. The Morgan fingerprint density at radius 1 is 0.913 bits per heavy atom. The van der Waals surface area contributed by atoms with Crippen LogP contribution in [0, 0.1) is 0 Å². The molecule has 1 heterocycles. The Morgan fingerprint density at radius 3 is 2.39 bits per heavy atom. The predicted molar refractivity (Wildman–Crippen MR) is 92.0 cm³/mol. The van der Waals surface area contributed by atoms with Gasteiger partial charge in [0.15, 0.2) is 0 Å². The molecule has 0 saturated carbocycles. The predicted octanol–water partition coefficient (Wildman–Crippen LogP) is 4.62. The lowest BCUT2D eigenvalue weighted by atomic mass is 9.97. The smallest absolute Gasteiger partial charge is 0.336 e. The molecule has 0 atom stereocenters. The average molecular weight is 301 g/mol. The molecule has 0 aliphatic heterocycles. The summed E-state index contributed by atoms with van der Waals surface area (Å²) in [5, 5.41) is 9.40. The van der Waals surface area contributed by atoms with Crippen molar-refractivity contribution in [3.05, 3.63) is 89.7 Å². The second-order valence-electron chi connectivity index (χ2n) is 5.10. The monoisotopic (exact) mass is 301 g/mol. The number of rotatable bonds is 4. The molecule has 3 heteroatoms. The summed E-state index contributed by atoms with van der Waals surface area (Å²) < 4.78 is 0. The molecule has 0 unspecified atom stereocenters. The maximum absolute atomic E-state index is 11.5. The van der Waals surface area contributed by atoms with E-state index in [1.54, 1.807) is 18.5 Å². The summed E-state index contributed by atoms with van der Waals surface area (Å²) >= 11 is 0. The van der Waals surface area contributed by atoms with Crippen molar-refractivity contribution in [1.82, 2.24) is 4.98 Å². The molecule has 0 aliphatic carbocycles. The number of hydrogen-bond acceptors (Lipinski definition) is 2. The molecular weight excluding hydrogens is 286 g/mol. The molecule has 0 saturated heterocycles. The third kappa shape index (κ3) is 3.52. The number of pyridine rings is 1. The van der Waals surface area contributed by atoms with Gasteiger partial charge in [0.2, 0.25) is 0 Å². The molecule has 0 amide bonds. The van der Waals surface area contributed by atoms with Crippen LogP contribution in [0.15, 0.2) is 73.1 Å². The number of aromatic nitrogens is 1. The first kappa shape index (κ1) is 14.7. The lowest BCUT2D eigenvalue weighted by Gasteiger charge is -2.08. The van der Waals surface area contributed by atoms with Gasteiger partial charge in [-0.3, -0.25) is 4.98 Å². The molecule has 23 heavy (non-hydrogen) atoms. The Kier molecular flexibility index (Phi) is 4.29. The minimum Gasteiger partial charge on any atom is -0.478 e. The average Bonchev–Trinajstić information content (AvgIpc) is 2.61. The second-order valence-corrected chi connectivity index (χ2v) is 5.10. The number of carboxylic acid groups (broad SMARTS) is 1. The first-order valence-electron chi connectivity index (χ1n) is 7.25. The number of carboxylic acids is 1. The highest BCUT2D eigenvalue weighted by Crippen LogP contribution is 2.26. The van der Waals surface area contributed by atoms with Gasteiger partial charge in [-0.15, -0.1) is 0 Å². The lowest BCUT2D eigenvalue weighted by Crippen LogP contribution is -1.99. The van der Waals surface area contributed by atoms with Gasteiger partial charge in [0.25, 0.3) is 0 Å². The van der Waals surface area contributed by atoms with Gasteiger partial charge in [-0.25, -0.2) is 4.79 Å². The van der Waals surface area contributed by atoms with Crippen molar-refractivity contribution in [2.75, 3.05) is 0 Å². The van der Waals surface area contributed by atoms with Crippen LogP contribution in [-0.2, 0) is 0 Å². The van der Waals surface area contributed by atoms with Crippen LogP contribution in [0.4, 0.5) is 0 Å². The van der Waals surface area contributed by atoms with Gasteiger partial charge in [0.05, 0.1) is 5.56 Å². The van der Waals surface area contributed by atoms with Crippen LogP contribution in [-0.4, -0.2) is 16.1 Å². The Balaban J connectivity index is 2.01. The topological polar surface area (TPSA) is 50.2 Å². The molecule has 0 spiro atoms. The number of aromatic carboxylic acids is 1. The number of carbonyl (C=O) groups is 1. The summed E-state index contributed by atoms with van der Waals surface area (Å²) in [5.41, 5.74) is 3.84. The van der Waals surface area contributed by atoms with Crippen molar-refractivity contribution in [3.8, 4) is 11.1 Å². The minimum atomic E-state index is -0.924. The van der Waals surface area contributed by atoms with E-state index in [4.69, 9.17) is 0 Å². The fourth-order valence-electron chi connectivity index (χ4n) is 2.38. The minimum absolute atomic E-state index is 0.301. The molecular formula is C20H15NO2. The number of benzene rings is 2. The van der Waals surface area contributed by atoms with E-state index >= 15 is 0 Å². The highest BCUT2D eigenvalue weighted by Gasteiger charge is 2.11. The molecule has 0 radical (unpaired) electrons. The summed E-state index contributed by atoms with van der Waals surface area (Å²) in [5.74, 6) is -0.924. The van der Waals surface area contributed by atoms with E-state index in [2.05, 4.69) is 4.98 Å². The zero-order valence-corrected chi connectivity index (χ0v) is 12.4. The van der Waals surface area contributed by atoms with Gasteiger partial charge in [-0.1, -0.05) is 54.6 Å². The molecule has 3 rings (SSSR count). The zero-order chi connectivity index (χ0) is 16.1. The molecule has 0 fully saturated rings. The highest BCUT2D eigenvalue weighted by molar-refractivity contribution is 5.96. The third-order valence-corrected chi connectivity index (χ3v) is 3.51. The maximum Gasteiger partial charge on any atom is 0.336 e. The summed E-state index contributed by atoms with van der Waals surface area (Å²) in [6.07, 6.45) is 7.42. The molecule has 3 nitrogen and oxygen atoms in total. The van der Waals surface area contributed by atoms with Gasteiger partial charge >= 0.3 is 5.97 Å². The summed E-state index contributed by atoms with van der Waals surface area (Å²) in [4.78, 5) is 15.5. The van der Waals surface area contributed by atoms with Gasteiger partial charge in [-0.05, 0) is 40.5 Å². The van der Waals surface area contributed by atoms with Crippen LogP contribution in [0.2, 0.25) is 0 Å². The SMILES string of the molecule is O=C(O)c1ccc(/C=C/c2cccnc2)cc1-c1ccccc1. The van der Waals surface area contributed by atoms with E-state index in [9.17, 15) is 9.90 Å². The van der Waals surface area contributed by atoms with Gasteiger partial charge < -0.3 is 5.11 Å².